The fourth-order valence-electron chi connectivity index (χ4n) is 3.20. The van der Waals surface area contributed by atoms with Gasteiger partial charge in [0.2, 0.25) is 17.6 Å². The Morgan fingerprint density at radius 1 is 1.17 bits per heavy atom. The summed E-state index contributed by atoms with van der Waals surface area (Å²) in [5, 5.41) is 8.03. The summed E-state index contributed by atoms with van der Waals surface area (Å²) in [6, 6.07) is 15.5. The molecule has 2 aromatic carbocycles. The Morgan fingerprint density at radius 3 is 2.86 bits per heavy atom. The molecule has 0 bridgehead atoms. The predicted octanol–water partition coefficient (Wildman–Crippen LogP) is 3.52. The summed E-state index contributed by atoms with van der Waals surface area (Å²) in [5.74, 6) is 1.78. The Labute approximate surface area is 168 Å². The molecular formula is C22H22N4O3. The Morgan fingerprint density at radius 2 is 2.03 bits per heavy atom. The average molecular weight is 390 g/mol. The molecule has 7 nitrogen and oxygen atoms in total. The number of amides is 1. The second-order valence-electron chi connectivity index (χ2n) is 6.70. The summed E-state index contributed by atoms with van der Waals surface area (Å²) >= 11 is 0. The van der Waals surface area contributed by atoms with Gasteiger partial charge in [-0.3, -0.25) is 4.79 Å². The topological polar surface area (TPSA) is 93.0 Å². The molecule has 29 heavy (non-hydrogen) atoms. The Hall–Kier alpha value is -3.61. The molecule has 0 aliphatic rings. The van der Waals surface area contributed by atoms with Crippen LogP contribution in [0.4, 0.5) is 0 Å². The minimum atomic E-state index is -0.0399. The summed E-state index contributed by atoms with van der Waals surface area (Å²) in [7, 11) is 1.65. The molecule has 0 aliphatic heterocycles. The summed E-state index contributed by atoms with van der Waals surface area (Å²) in [6.07, 6.45) is 3.42. The molecule has 0 aliphatic carbocycles. The van der Waals surface area contributed by atoms with Crippen molar-refractivity contribution in [1.29, 1.82) is 0 Å². The number of nitrogens with zero attached hydrogens (tertiary/aromatic N) is 2. The normalized spacial score (nSPS) is 10.9. The van der Waals surface area contributed by atoms with Gasteiger partial charge in [0.1, 0.15) is 5.75 Å². The molecule has 2 aromatic heterocycles. The van der Waals surface area contributed by atoms with E-state index in [1.54, 1.807) is 7.11 Å². The number of fused-ring (bicyclic) bond motifs is 1. The average Bonchev–Trinajstić information content (AvgIpc) is 3.40. The molecule has 2 heterocycles. The monoisotopic (exact) mass is 390 g/mol. The number of nitrogens with one attached hydrogen (secondary N) is 2. The molecule has 0 fully saturated rings. The summed E-state index contributed by atoms with van der Waals surface area (Å²) in [5.41, 5.74) is 3.09. The van der Waals surface area contributed by atoms with Gasteiger partial charge in [-0.2, -0.15) is 4.98 Å². The van der Waals surface area contributed by atoms with Gasteiger partial charge in [-0.15, -0.1) is 0 Å². The first-order chi connectivity index (χ1) is 14.2. The number of methoxy groups -OCH3 is 1. The first-order valence-corrected chi connectivity index (χ1v) is 9.51. The van der Waals surface area contributed by atoms with E-state index in [0.29, 0.717) is 31.1 Å². The second kappa shape index (κ2) is 8.60. The summed E-state index contributed by atoms with van der Waals surface area (Å²) in [4.78, 5) is 19.8. The van der Waals surface area contributed by atoms with Crippen LogP contribution in [0.2, 0.25) is 0 Å². The molecular weight excluding hydrogens is 368 g/mol. The molecule has 0 radical (unpaired) electrons. The Kier molecular flexibility index (Phi) is 5.56. The van der Waals surface area contributed by atoms with E-state index >= 15 is 0 Å². The highest BCUT2D eigenvalue weighted by molar-refractivity contribution is 5.84. The largest absolute Gasteiger partial charge is 0.497 e. The van der Waals surface area contributed by atoms with Crippen LogP contribution in [0.25, 0.3) is 22.3 Å². The molecule has 7 heteroatoms. The summed E-state index contributed by atoms with van der Waals surface area (Å²) < 4.78 is 10.5. The van der Waals surface area contributed by atoms with E-state index in [1.165, 1.54) is 0 Å². The van der Waals surface area contributed by atoms with Crippen molar-refractivity contribution >= 4 is 16.8 Å². The molecule has 0 spiro atoms. The van der Waals surface area contributed by atoms with Crippen LogP contribution in [-0.2, 0) is 17.6 Å². The van der Waals surface area contributed by atoms with Crippen molar-refractivity contribution < 1.29 is 14.1 Å². The van der Waals surface area contributed by atoms with E-state index in [4.69, 9.17) is 9.26 Å². The molecule has 1 amide bonds. The number of carbonyl (C=O) groups excluding carboxylic acids is 1. The number of aryl methyl sites for hydroxylation is 1. The fraction of sp³-hybridized carbons (Fsp3) is 0.227. The van der Waals surface area contributed by atoms with Gasteiger partial charge in [0, 0.05) is 42.0 Å². The third kappa shape index (κ3) is 4.45. The van der Waals surface area contributed by atoms with E-state index in [2.05, 4.69) is 20.4 Å². The number of hydrogen-bond donors (Lipinski definition) is 2. The minimum Gasteiger partial charge on any atom is -0.497 e. The molecule has 0 unspecified atom stereocenters. The SMILES string of the molecule is COc1ccc2[nH]cc(CCNC(=O)CCc3nc(-c4ccccc4)no3)c2c1. The van der Waals surface area contributed by atoms with E-state index in [9.17, 15) is 4.79 Å². The van der Waals surface area contributed by atoms with E-state index in [1.807, 2.05) is 54.7 Å². The zero-order valence-electron chi connectivity index (χ0n) is 16.1. The van der Waals surface area contributed by atoms with Crippen molar-refractivity contribution in [2.24, 2.45) is 0 Å². The first-order valence-electron chi connectivity index (χ1n) is 9.51. The molecule has 0 atom stereocenters. The highest BCUT2D eigenvalue weighted by Crippen LogP contribution is 2.23. The summed E-state index contributed by atoms with van der Waals surface area (Å²) in [6.45, 7) is 0.558. The maximum Gasteiger partial charge on any atom is 0.227 e. The van der Waals surface area contributed by atoms with Crippen LogP contribution in [0.3, 0.4) is 0 Å². The van der Waals surface area contributed by atoms with Crippen molar-refractivity contribution in [2.45, 2.75) is 19.3 Å². The Bertz CT molecular complexity index is 1100. The van der Waals surface area contributed by atoms with Crippen LogP contribution in [0, 0.1) is 0 Å². The van der Waals surface area contributed by atoms with Gasteiger partial charge >= 0.3 is 0 Å². The number of carbonyl (C=O) groups is 1. The van der Waals surface area contributed by atoms with E-state index in [0.717, 1.165) is 34.2 Å². The molecule has 2 N–H and O–H groups in total. The van der Waals surface area contributed by atoms with Crippen LogP contribution in [0.5, 0.6) is 5.75 Å². The molecule has 0 saturated carbocycles. The van der Waals surface area contributed by atoms with Gasteiger partial charge in [0.15, 0.2) is 0 Å². The van der Waals surface area contributed by atoms with Gasteiger partial charge in [-0.1, -0.05) is 35.5 Å². The van der Waals surface area contributed by atoms with Crippen LogP contribution >= 0.6 is 0 Å². The molecule has 4 rings (SSSR count). The number of aromatic nitrogens is 3. The Balaban J connectivity index is 1.26. The standard InChI is InChI=1S/C22H22N4O3/c1-28-17-7-8-19-18(13-17)16(14-24-19)11-12-23-20(27)9-10-21-25-22(26-29-21)15-5-3-2-4-6-15/h2-8,13-14,24H,9-12H2,1H3,(H,23,27). The fourth-order valence-corrected chi connectivity index (χ4v) is 3.20. The lowest BCUT2D eigenvalue weighted by molar-refractivity contribution is -0.121. The number of ether oxygens (including phenoxy) is 1. The van der Waals surface area contributed by atoms with Crippen LogP contribution in [-0.4, -0.2) is 34.7 Å². The van der Waals surface area contributed by atoms with Crippen molar-refractivity contribution in [2.75, 3.05) is 13.7 Å². The van der Waals surface area contributed by atoms with Crippen LogP contribution in [0.15, 0.2) is 59.3 Å². The zero-order chi connectivity index (χ0) is 20.1. The van der Waals surface area contributed by atoms with Crippen molar-refractivity contribution in [3.8, 4) is 17.1 Å². The third-order valence-electron chi connectivity index (χ3n) is 4.76. The van der Waals surface area contributed by atoms with Crippen molar-refractivity contribution in [3.63, 3.8) is 0 Å². The van der Waals surface area contributed by atoms with Crippen molar-refractivity contribution in [1.82, 2.24) is 20.4 Å². The number of aromatic amines is 1. The van der Waals surface area contributed by atoms with Gasteiger partial charge < -0.3 is 19.6 Å². The van der Waals surface area contributed by atoms with Crippen LogP contribution < -0.4 is 10.1 Å². The predicted molar refractivity (Wildman–Crippen MR) is 110 cm³/mol. The highest BCUT2D eigenvalue weighted by Gasteiger charge is 2.11. The molecule has 0 saturated heterocycles. The number of rotatable bonds is 8. The smallest absolute Gasteiger partial charge is 0.227 e. The van der Waals surface area contributed by atoms with E-state index < -0.39 is 0 Å². The van der Waals surface area contributed by atoms with Gasteiger partial charge in [0.05, 0.1) is 7.11 Å². The third-order valence-corrected chi connectivity index (χ3v) is 4.76. The van der Waals surface area contributed by atoms with Gasteiger partial charge in [0.25, 0.3) is 0 Å². The number of benzene rings is 2. The quantitative estimate of drug-likeness (QED) is 0.480. The highest BCUT2D eigenvalue weighted by atomic mass is 16.5. The maximum atomic E-state index is 12.2. The van der Waals surface area contributed by atoms with Gasteiger partial charge in [-0.05, 0) is 30.2 Å². The van der Waals surface area contributed by atoms with E-state index in [-0.39, 0.29) is 5.91 Å². The molecule has 148 valence electrons. The zero-order valence-corrected chi connectivity index (χ0v) is 16.1. The molecule has 4 aromatic rings. The van der Waals surface area contributed by atoms with Gasteiger partial charge in [-0.25, -0.2) is 0 Å². The van der Waals surface area contributed by atoms with Crippen LogP contribution in [0.1, 0.15) is 17.9 Å². The number of H-pyrrole nitrogens is 1. The number of hydrogen-bond acceptors (Lipinski definition) is 5. The lowest BCUT2D eigenvalue weighted by Gasteiger charge is -2.04. The maximum absolute atomic E-state index is 12.2. The minimum absolute atomic E-state index is 0.0399. The lowest BCUT2D eigenvalue weighted by atomic mass is 10.1. The first kappa shape index (κ1) is 18.7. The lowest BCUT2D eigenvalue weighted by Crippen LogP contribution is -2.25. The second-order valence-corrected chi connectivity index (χ2v) is 6.70. The van der Waals surface area contributed by atoms with Crippen molar-refractivity contribution in [3.05, 3.63) is 66.2 Å².